The van der Waals surface area contributed by atoms with Crippen molar-refractivity contribution in [1.82, 2.24) is 4.98 Å². The summed E-state index contributed by atoms with van der Waals surface area (Å²) in [6, 6.07) is 16.0. The van der Waals surface area contributed by atoms with Gasteiger partial charge in [-0.05, 0) is 19.1 Å². The van der Waals surface area contributed by atoms with Gasteiger partial charge in [0.2, 0.25) is 0 Å². The van der Waals surface area contributed by atoms with Gasteiger partial charge in [-0.3, -0.25) is 0 Å². The lowest BCUT2D eigenvalue weighted by Crippen LogP contribution is -3.00. The predicted molar refractivity (Wildman–Crippen MR) is 87.0 cm³/mol. The molecule has 0 amide bonds. The first-order valence-electron chi connectivity index (χ1n) is 6.26. The minimum Gasteiger partial charge on any atom is -1.00 e. The molecule has 0 bridgehead atoms. The van der Waals surface area contributed by atoms with Crippen molar-refractivity contribution < 1.29 is 17.0 Å². The van der Waals surface area contributed by atoms with Crippen LogP contribution in [0.2, 0.25) is 5.02 Å². The normalized spacial score (nSPS) is 10.0. The Labute approximate surface area is 143 Å². The van der Waals surface area contributed by atoms with E-state index < -0.39 is 0 Å². The molecule has 0 atom stereocenters. The maximum atomic E-state index is 6.13. The van der Waals surface area contributed by atoms with E-state index in [1.807, 2.05) is 29.6 Å². The van der Waals surface area contributed by atoms with Crippen LogP contribution in [0.25, 0.3) is 11.3 Å². The number of nitrogens with one attached hydrogen (secondary N) is 1. The summed E-state index contributed by atoms with van der Waals surface area (Å²) >= 11 is 7.70. The van der Waals surface area contributed by atoms with Gasteiger partial charge in [-0.1, -0.05) is 53.6 Å². The van der Waals surface area contributed by atoms with Crippen LogP contribution in [0.4, 0.5) is 10.8 Å². The minimum atomic E-state index is 0. The van der Waals surface area contributed by atoms with Gasteiger partial charge in [0.05, 0.1) is 16.4 Å². The number of rotatable bonds is 3. The molecular weight excluding hydrogens is 368 g/mol. The maximum Gasteiger partial charge on any atom is 0.187 e. The van der Waals surface area contributed by atoms with Crippen molar-refractivity contribution in [3.05, 3.63) is 64.5 Å². The summed E-state index contributed by atoms with van der Waals surface area (Å²) in [4.78, 5) is 4.60. The van der Waals surface area contributed by atoms with Crippen molar-refractivity contribution in [2.75, 3.05) is 5.32 Å². The first kappa shape index (κ1) is 16.0. The van der Waals surface area contributed by atoms with Gasteiger partial charge in [-0.25, -0.2) is 4.98 Å². The molecule has 0 unspecified atom stereocenters. The Hall–Kier alpha value is -1.36. The number of aromatic nitrogens is 1. The van der Waals surface area contributed by atoms with Crippen molar-refractivity contribution in [1.29, 1.82) is 0 Å². The van der Waals surface area contributed by atoms with Crippen molar-refractivity contribution >= 4 is 33.8 Å². The molecule has 0 radical (unpaired) electrons. The number of nitrogens with zero attached hydrogens (tertiary/aromatic N) is 1. The largest absolute Gasteiger partial charge is 1.00 e. The molecule has 5 heteroatoms. The lowest BCUT2D eigenvalue weighted by molar-refractivity contribution is -0.00000389. The minimum absolute atomic E-state index is 0. The number of para-hydroxylation sites is 1. The molecule has 0 saturated heterocycles. The molecule has 2 aromatic carbocycles. The molecule has 1 N–H and O–H groups in total. The van der Waals surface area contributed by atoms with Crippen LogP contribution in [-0.2, 0) is 0 Å². The van der Waals surface area contributed by atoms with E-state index in [2.05, 4.69) is 41.5 Å². The highest BCUT2D eigenvalue weighted by Gasteiger charge is 2.06. The molecular formula is C16H13BrClN2S-. The standard InChI is InChI=1S/C16H13ClN2S.BrH/c1-11-6-8-12(9-7-11)15-10-20-16(19-15)18-14-5-3-2-4-13(14)17;/h2-10H,1H3,(H,18,19);1H/p-1. The molecule has 0 spiro atoms. The fourth-order valence-corrected chi connectivity index (χ4v) is 2.78. The second-order valence-electron chi connectivity index (χ2n) is 4.51. The van der Waals surface area contributed by atoms with Crippen molar-refractivity contribution in [3.63, 3.8) is 0 Å². The Kier molecular flexibility index (Phi) is 5.39. The third kappa shape index (κ3) is 3.84. The number of hydrogen-bond donors (Lipinski definition) is 1. The molecule has 0 saturated carbocycles. The highest BCUT2D eigenvalue weighted by atomic mass is 79.9. The molecule has 3 rings (SSSR count). The number of thiazole rings is 1. The second-order valence-corrected chi connectivity index (χ2v) is 5.77. The van der Waals surface area contributed by atoms with Crippen LogP contribution in [0.3, 0.4) is 0 Å². The Morgan fingerprint density at radius 1 is 1.05 bits per heavy atom. The first-order chi connectivity index (χ1) is 9.72. The van der Waals surface area contributed by atoms with E-state index in [0.717, 1.165) is 22.1 Å². The second kappa shape index (κ2) is 7.07. The molecule has 2 nitrogen and oxygen atoms in total. The van der Waals surface area contributed by atoms with Gasteiger partial charge in [0.15, 0.2) is 5.13 Å². The summed E-state index contributed by atoms with van der Waals surface area (Å²) in [7, 11) is 0. The number of halogens is 2. The maximum absolute atomic E-state index is 6.13. The highest BCUT2D eigenvalue weighted by molar-refractivity contribution is 7.14. The van der Waals surface area contributed by atoms with E-state index in [1.165, 1.54) is 5.56 Å². The van der Waals surface area contributed by atoms with E-state index in [1.54, 1.807) is 11.3 Å². The van der Waals surface area contributed by atoms with Crippen LogP contribution in [0, 0.1) is 6.92 Å². The van der Waals surface area contributed by atoms with Crippen molar-refractivity contribution in [2.24, 2.45) is 0 Å². The molecule has 0 aliphatic heterocycles. The van der Waals surface area contributed by atoms with E-state index in [-0.39, 0.29) is 17.0 Å². The van der Waals surface area contributed by atoms with Crippen LogP contribution in [0.1, 0.15) is 5.56 Å². The molecule has 1 heterocycles. The topological polar surface area (TPSA) is 24.9 Å². The molecule has 0 fully saturated rings. The zero-order chi connectivity index (χ0) is 13.9. The number of benzene rings is 2. The van der Waals surface area contributed by atoms with Crippen LogP contribution in [0.15, 0.2) is 53.9 Å². The lowest BCUT2D eigenvalue weighted by atomic mass is 10.1. The highest BCUT2D eigenvalue weighted by Crippen LogP contribution is 2.29. The first-order valence-corrected chi connectivity index (χ1v) is 7.52. The SMILES string of the molecule is Cc1ccc(-c2csc(Nc3ccccc3Cl)n2)cc1.[Br-]. The van der Waals surface area contributed by atoms with Crippen molar-refractivity contribution in [3.8, 4) is 11.3 Å². The molecule has 21 heavy (non-hydrogen) atoms. The summed E-state index contributed by atoms with van der Waals surface area (Å²) in [5.74, 6) is 0. The van der Waals surface area contributed by atoms with Crippen LogP contribution >= 0.6 is 22.9 Å². The van der Waals surface area contributed by atoms with Crippen LogP contribution in [0.5, 0.6) is 0 Å². The summed E-state index contributed by atoms with van der Waals surface area (Å²) < 4.78 is 0. The average Bonchev–Trinajstić information content (AvgIpc) is 2.91. The zero-order valence-electron chi connectivity index (χ0n) is 11.3. The molecule has 0 aliphatic carbocycles. The van der Waals surface area contributed by atoms with Gasteiger partial charge in [0.1, 0.15) is 0 Å². The lowest BCUT2D eigenvalue weighted by Gasteiger charge is -2.04. The van der Waals surface area contributed by atoms with Gasteiger partial charge in [0, 0.05) is 10.9 Å². The summed E-state index contributed by atoms with van der Waals surface area (Å²) in [6.45, 7) is 2.08. The summed E-state index contributed by atoms with van der Waals surface area (Å²) in [6.07, 6.45) is 0. The van der Waals surface area contributed by atoms with Gasteiger partial charge < -0.3 is 22.3 Å². The quantitative estimate of drug-likeness (QED) is 0.755. The van der Waals surface area contributed by atoms with E-state index >= 15 is 0 Å². The molecule has 1 aromatic heterocycles. The summed E-state index contributed by atoms with van der Waals surface area (Å²) in [5.41, 5.74) is 4.22. The third-order valence-electron chi connectivity index (χ3n) is 2.97. The Morgan fingerprint density at radius 3 is 2.48 bits per heavy atom. The monoisotopic (exact) mass is 379 g/mol. The van der Waals surface area contributed by atoms with Gasteiger partial charge in [-0.2, -0.15) is 0 Å². The zero-order valence-corrected chi connectivity index (χ0v) is 14.5. The summed E-state index contributed by atoms with van der Waals surface area (Å²) in [5, 5.41) is 6.83. The third-order valence-corrected chi connectivity index (χ3v) is 4.05. The van der Waals surface area contributed by atoms with Crippen LogP contribution in [-0.4, -0.2) is 4.98 Å². The molecule has 0 aliphatic rings. The van der Waals surface area contributed by atoms with E-state index in [4.69, 9.17) is 11.6 Å². The average molecular weight is 381 g/mol. The van der Waals surface area contributed by atoms with E-state index in [9.17, 15) is 0 Å². The Bertz CT molecular complexity index is 725. The van der Waals surface area contributed by atoms with E-state index in [0.29, 0.717) is 5.02 Å². The van der Waals surface area contributed by atoms with Gasteiger partial charge in [0.25, 0.3) is 0 Å². The smallest absolute Gasteiger partial charge is 0.187 e. The number of anilines is 2. The predicted octanol–water partition coefficient (Wildman–Crippen LogP) is 2.52. The van der Waals surface area contributed by atoms with Gasteiger partial charge >= 0.3 is 0 Å². The van der Waals surface area contributed by atoms with Crippen LogP contribution < -0.4 is 22.3 Å². The fraction of sp³-hybridized carbons (Fsp3) is 0.0625. The van der Waals surface area contributed by atoms with Crippen molar-refractivity contribution in [2.45, 2.75) is 6.92 Å². The number of aryl methyl sites for hydroxylation is 1. The fourth-order valence-electron chi connectivity index (χ4n) is 1.87. The Morgan fingerprint density at radius 2 is 1.76 bits per heavy atom. The number of hydrogen-bond acceptors (Lipinski definition) is 3. The molecule has 3 aromatic rings. The Balaban J connectivity index is 0.00000161. The van der Waals surface area contributed by atoms with Gasteiger partial charge in [-0.15, -0.1) is 11.3 Å². The molecule has 108 valence electrons.